The quantitative estimate of drug-likeness (QED) is 0.616. The van der Waals surface area contributed by atoms with Crippen LogP contribution in [-0.2, 0) is 9.84 Å². The second kappa shape index (κ2) is 3.38. The molecule has 82 valence electrons. The first kappa shape index (κ1) is 10.2. The number of hydrogen-bond donors (Lipinski definition) is 1. The van der Waals surface area contributed by atoms with E-state index in [0.717, 1.165) is 0 Å². The van der Waals surface area contributed by atoms with E-state index < -0.39 is 22.0 Å². The van der Waals surface area contributed by atoms with Gasteiger partial charge in [0.05, 0.1) is 29.8 Å². The van der Waals surface area contributed by atoms with Gasteiger partial charge in [-0.3, -0.25) is 4.79 Å². The summed E-state index contributed by atoms with van der Waals surface area (Å²) in [7, 11) is -3.22. The fraction of sp³-hybridized carbons (Fsp3) is 0.571. The van der Waals surface area contributed by atoms with E-state index in [1.165, 1.54) is 10.9 Å². The number of carbonyl (C=O) groups excluding carboxylic acids is 1. The Bertz CT molecular complexity index is 480. The first-order chi connectivity index (χ1) is 7.02. The molecule has 8 heteroatoms. The average molecular weight is 231 g/mol. The number of nitrogens with zero attached hydrogens (tertiary/aromatic N) is 3. The number of rotatable bonds is 2. The van der Waals surface area contributed by atoms with Crippen LogP contribution in [0.1, 0.15) is 16.5 Å². The van der Waals surface area contributed by atoms with Crippen molar-refractivity contribution in [1.29, 1.82) is 0 Å². The largest absolute Gasteiger partial charge is 0.390 e. The van der Waals surface area contributed by atoms with Gasteiger partial charge in [0, 0.05) is 0 Å². The molecule has 2 rings (SSSR count). The Kier molecular flexibility index (Phi) is 2.31. The summed E-state index contributed by atoms with van der Waals surface area (Å²) in [4.78, 5) is 10.3. The minimum atomic E-state index is -3.22. The molecular weight excluding hydrogens is 222 g/mol. The summed E-state index contributed by atoms with van der Waals surface area (Å²) in [5.41, 5.74) is 0.117. The van der Waals surface area contributed by atoms with Crippen LogP contribution >= 0.6 is 0 Å². The number of aliphatic hydroxyl groups excluding tert-OH is 1. The maximum Gasteiger partial charge on any atom is 0.171 e. The molecule has 1 aliphatic rings. The normalized spacial score (nSPS) is 29.1. The minimum Gasteiger partial charge on any atom is -0.390 e. The molecule has 0 aliphatic carbocycles. The SMILES string of the molecule is O=Cc1cn(C2CS(=O)(=O)CC2O)nn1. The molecule has 1 aliphatic heterocycles. The summed E-state index contributed by atoms with van der Waals surface area (Å²) in [6.45, 7) is 0. The van der Waals surface area contributed by atoms with Gasteiger partial charge in [-0.15, -0.1) is 5.10 Å². The summed E-state index contributed by atoms with van der Waals surface area (Å²) >= 11 is 0. The smallest absolute Gasteiger partial charge is 0.171 e. The second-order valence-electron chi connectivity index (χ2n) is 3.45. The summed E-state index contributed by atoms with van der Waals surface area (Å²) in [5.74, 6) is -0.441. The van der Waals surface area contributed by atoms with E-state index in [0.29, 0.717) is 6.29 Å². The van der Waals surface area contributed by atoms with Crippen LogP contribution in [0.25, 0.3) is 0 Å². The highest BCUT2D eigenvalue weighted by molar-refractivity contribution is 7.91. The topological polar surface area (TPSA) is 102 Å². The molecule has 0 radical (unpaired) electrons. The van der Waals surface area contributed by atoms with Gasteiger partial charge in [0.1, 0.15) is 5.69 Å². The maximum atomic E-state index is 11.2. The van der Waals surface area contributed by atoms with E-state index in [1.54, 1.807) is 0 Å². The first-order valence-electron chi connectivity index (χ1n) is 4.27. The molecule has 1 saturated heterocycles. The molecule has 0 amide bonds. The highest BCUT2D eigenvalue weighted by Gasteiger charge is 2.38. The zero-order valence-corrected chi connectivity index (χ0v) is 8.46. The van der Waals surface area contributed by atoms with Gasteiger partial charge in [0.2, 0.25) is 0 Å². The van der Waals surface area contributed by atoms with Crippen molar-refractivity contribution in [2.75, 3.05) is 11.5 Å². The molecule has 0 spiro atoms. The van der Waals surface area contributed by atoms with E-state index in [2.05, 4.69) is 10.3 Å². The lowest BCUT2D eigenvalue weighted by Gasteiger charge is -2.11. The Morgan fingerprint density at radius 2 is 2.27 bits per heavy atom. The van der Waals surface area contributed by atoms with Crippen LogP contribution in [0, 0.1) is 0 Å². The van der Waals surface area contributed by atoms with Crippen molar-refractivity contribution < 1.29 is 18.3 Å². The number of sulfone groups is 1. The van der Waals surface area contributed by atoms with Crippen molar-refractivity contribution in [3.8, 4) is 0 Å². The van der Waals surface area contributed by atoms with Gasteiger partial charge >= 0.3 is 0 Å². The van der Waals surface area contributed by atoms with Crippen LogP contribution in [-0.4, -0.2) is 52.4 Å². The summed E-state index contributed by atoms with van der Waals surface area (Å²) in [6, 6.07) is -0.642. The van der Waals surface area contributed by atoms with Crippen molar-refractivity contribution in [3.63, 3.8) is 0 Å². The predicted octanol–water partition coefficient (Wildman–Crippen LogP) is -1.58. The van der Waals surface area contributed by atoms with E-state index >= 15 is 0 Å². The van der Waals surface area contributed by atoms with Crippen molar-refractivity contribution in [1.82, 2.24) is 15.0 Å². The summed E-state index contributed by atoms with van der Waals surface area (Å²) in [6.07, 6.45) is 0.845. The standard InChI is InChI=1S/C7H9N3O4S/c11-2-5-1-10(9-8-5)6-3-15(13,14)4-7(6)12/h1-2,6-7,12H,3-4H2. The third-order valence-electron chi connectivity index (χ3n) is 2.28. The van der Waals surface area contributed by atoms with Crippen LogP contribution in [0.2, 0.25) is 0 Å². The Hall–Kier alpha value is -1.28. The molecule has 0 bridgehead atoms. The van der Waals surface area contributed by atoms with Crippen LogP contribution in [0.3, 0.4) is 0 Å². The van der Waals surface area contributed by atoms with E-state index in [4.69, 9.17) is 0 Å². The van der Waals surface area contributed by atoms with E-state index in [1.807, 2.05) is 0 Å². The third-order valence-corrected chi connectivity index (χ3v) is 3.98. The number of aldehydes is 1. The van der Waals surface area contributed by atoms with Gasteiger partial charge in [-0.2, -0.15) is 0 Å². The lowest BCUT2D eigenvalue weighted by Crippen LogP contribution is -2.22. The van der Waals surface area contributed by atoms with Gasteiger partial charge in [0.15, 0.2) is 16.1 Å². The summed E-state index contributed by atoms with van der Waals surface area (Å²) in [5, 5.41) is 16.6. The van der Waals surface area contributed by atoms with Gasteiger partial charge < -0.3 is 5.11 Å². The van der Waals surface area contributed by atoms with E-state index in [9.17, 15) is 18.3 Å². The average Bonchev–Trinajstić information content (AvgIpc) is 2.69. The lowest BCUT2D eigenvalue weighted by atomic mass is 10.2. The van der Waals surface area contributed by atoms with E-state index in [-0.39, 0.29) is 17.2 Å². The number of hydrogen-bond acceptors (Lipinski definition) is 6. The monoisotopic (exact) mass is 231 g/mol. The highest BCUT2D eigenvalue weighted by Crippen LogP contribution is 2.23. The Balaban J connectivity index is 2.28. The molecule has 1 N–H and O–H groups in total. The molecular formula is C7H9N3O4S. The first-order valence-corrected chi connectivity index (χ1v) is 6.09. The molecule has 1 fully saturated rings. The molecule has 2 unspecified atom stereocenters. The molecule has 1 aromatic heterocycles. The highest BCUT2D eigenvalue weighted by atomic mass is 32.2. The Morgan fingerprint density at radius 1 is 1.53 bits per heavy atom. The fourth-order valence-corrected chi connectivity index (χ4v) is 3.34. The van der Waals surface area contributed by atoms with Gasteiger partial charge in [0.25, 0.3) is 0 Å². The molecule has 15 heavy (non-hydrogen) atoms. The molecule has 1 aromatic rings. The maximum absolute atomic E-state index is 11.2. The minimum absolute atomic E-state index is 0.117. The van der Waals surface area contributed by atoms with Crippen LogP contribution in [0.15, 0.2) is 6.20 Å². The van der Waals surface area contributed by atoms with Crippen molar-refractivity contribution in [3.05, 3.63) is 11.9 Å². The van der Waals surface area contributed by atoms with Crippen molar-refractivity contribution in [2.45, 2.75) is 12.1 Å². The predicted molar refractivity (Wildman–Crippen MR) is 49.1 cm³/mol. The van der Waals surface area contributed by atoms with Gasteiger partial charge in [-0.05, 0) is 0 Å². The number of aliphatic hydroxyl groups is 1. The number of carbonyl (C=O) groups is 1. The van der Waals surface area contributed by atoms with Crippen LogP contribution in [0.5, 0.6) is 0 Å². The molecule has 2 atom stereocenters. The Labute approximate surface area is 85.6 Å². The molecule has 2 heterocycles. The van der Waals surface area contributed by atoms with Crippen molar-refractivity contribution >= 4 is 16.1 Å². The van der Waals surface area contributed by atoms with Gasteiger partial charge in [-0.25, -0.2) is 13.1 Å². The third kappa shape index (κ3) is 1.90. The molecule has 0 aromatic carbocycles. The summed E-state index contributed by atoms with van der Waals surface area (Å²) < 4.78 is 23.6. The van der Waals surface area contributed by atoms with Crippen LogP contribution < -0.4 is 0 Å². The van der Waals surface area contributed by atoms with Gasteiger partial charge in [-0.1, -0.05) is 5.21 Å². The van der Waals surface area contributed by atoms with Crippen molar-refractivity contribution in [2.24, 2.45) is 0 Å². The van der Waals surface area contributed by atoms with Crippen LogP contribution in [0.4, 0.5) is 0 Å². The molecule has 7 nitrogen and oxygen atoms in total. The second-order valence-corrected chi connectivity index (χ2v) is 5.61. The zero-order chi connectivity index (χ0) is 11.1. The zero-order valence-electron chi connectivity index (χ0n) is 7.65. The lowest BCUT2D eigenvalue weighted by molar-refractivity contribution is 0.111. The molecule has 0 saturated carbocycles. The Morgan fingerprint density at radius 3 is 2.73 bits per heavy atom. The number of aromatic nitrogens is 3. The fourth-order valence-electron chi connectivity index (χ4n) is 1.57.